The molecule has 0 saturated carbocycles. The Kier molecular flexibility index (Phi) is 2.47. The third kappa shape index (κ3) is 1.71. The average Bonchev–Trinajstić information content (AvgIpc) is 2.89. The van der Waals surface area contributed by atoms with Gasteiger partial charge in [0.05, 0.1) is 16.9 Å². The standard InChI is InChI=1S/C16H11FN4/c1-9-14-15(21-20-9)10-5-4-6-11(17)13(10)16(19-14)12-7-2-3-8-18-12/h2-8H,1H3,(H,20,21). The molecule has 0 radical (unpaired) electrons. The van der Waals surface area contributed by atoms with Crippen molar-refractivity contribution in [1.29, 1.82) is 0 Å². The molecule has 1 N–H and O–H groups in total. The van der Waals surface area contributed by atoms with Crippen LogP contribution in [0.15, 0.2) is 42.6 Å². The van der Waals surface area contributed by atoms with E-state index in [9.17, 15) is 4.39 Å². The molecule has 0 aliphatic rings. The smallest absolute Gasteiger partial charge is 0.133 e. The van der Waals surface area contributed by atoms with E-state index < -0.39 is 0 Å². The van der Waals surface area contributed by atoms with Gasteiger partial charge in [-0.05, 0) is 25.1 Å². The quantitative estimate of drug-likeness (QED) is 0.578. The highest BCUT2D eigenvalue weighted by Crippen LogP contribution is 2.32. The van der Waals surface area contributed by atoms with E-state index in [2.05, 4.69) is 20.2 Å². The van der Waals surface area contributed by atoms with Gasteiger partial charge in [0.2, 0.25) is 0 Å². The highest BCUT2D eigenvalue weighted by Gasteiger charge is 2.16. The zero-order valence-electron chi connectivity index (χ0n) is 11.3. The van der Waals surface area contributed by atoms with E-state index >= 15 is 0 Å². The van der Waals surface area contributed by atoms with Gasteiger partial charge < -0.3 is 0 Å². The zero-order chi connectivity index (χ0) is 14.4. The van der Waals surface area contributed by atoms with Crippen molar-refractivity contribution in [2.24, 2.45) is 0 Å². The van der Waals surface area contributed by atoms with Crippen molar-refractivity contribution >= 4 is 21.8 Å². The fourth-order valence-electron chi connectivity index (χ4n) is 2.58. The minimum absolute atomic E-state index is 0.310. The Balaban J connectivity index is 2.24. The van der Waals surface area contributed by atoms with Crippen LogP contribution in [-0.2, 0) is 0 Å². The van der Waals surface area contributed by atoms with Crippen LogP contribution in [0.1, 0.15) is 5.69 Å². The average molecular weight is 278 g/mol. The number of hydrogen-bond acceptors (Lipinski definition) is 3. The third-order valence-electron chi connectivity index (χ3n) is 3.57. The predicted molar refractivity (Wildman–Crippen MR) is 79.3 cm³/mol. The summed E-state index contributed by atoms with van der Waals surface area (Å²) in [4.78, 5) is 8.90. The minimum atomic E-state index is -0.310. The molecular weight excluding hydrogens is 267 g/mol. The molecule has 5 heteroatoms. The number of H-pyrrole nitrogens is 1. The van der Waals surface area contributed by atoms with Gasteiger partial charge in [-0.2, -0.15) is 5.10 Å². The van der Waals surface area contributed by atoms with E-state index in [0.717, 1.165) is 22.1 Å². The molecule has 0 amide bonds. The van der Waals surface area contributed by atoms with Crippen LogP contribution in [0.5, 0.6) is 0 Å². The van der Waals surface area contributed by atoms with Crippen LogP contribution >= 0.6 is 0 Å². The normalized spacial score (nSPS) is 11.3. The van der Waals surface area contributed by atoms with Crippen LogP contribution in [-0.4, -0.2) is 20.2 Å². The van der Waals surface area contributed by atoms with E-state index in [-0.39, 0.29) is 5.82 Å². The Bertz CT molecular complexity index is 960. The van der Waals surface area contributed by atoms with Crippen molar-refractivity contribution in [2.75, 3.05) is 0 Å². The first-order valence-corrected chi connectivity index (χ1v) is 6.60. The van der Waals surface area contributed by atoms with Gasteiger partial charge in [-0.15, -0.1) is 0 Å². The number of hydrogen-bond donors (Lipinski definition) is 1. The van der Waals surface area contributed by atoms with Crippen molar-refractivity contribution < 1.29 is 4.39 Å². The number of nitrogens with one attached hydrogen (secondary N) is 1. The van der Waals surface area contributed by atoms with Crippen LogP contribution in [0.25, 0.3) is 33.2 Å². The summed E-state index contributed by atoms with van der Waals surface area (Å²) in [6.07, 6.45) is 1.68. The molecule has 4 rings (SSSR count). The second kappa shape index (κ2) is 4.34. The molecule has 0 unspecified atom stereocenters. The second-order valence-electron chi connectivity index (χ2n) is 4.87. The van der Waals surface area contributed by atoms with Gasteiger partial charge in [0.25, 0.3) is 0 Å². The monoisotopic (exact) mass is 278 g/mol. The van der Waals surface area contributed by atoms with Crippen molar-refractivity contribution in [3.8, 4) is 11.4 Å². The minimum Gasteiger partial charge on any atom is -0.275 e. The molecule has 0 bridgehead atoms. The number of nitrogens with zero attached hydrogens (tertiary/aromatic N) is 3. The molecular formula is C16H11FN4. The predicted octanol–water partition coefficient (Wildman–Crippen LogP) is 3.62. The number of fused-ring (bicyclic) bond motifs is 3. The molecule has 3 aromatic heterocycles. The van der Waals surface area contributed by atoms with E-state index in [1.165, 1.54) is 6.07 Å². The number of benzene rings is 1. The van der Waals surface area contributed by atoms with Crippen molar-refractivity contribution in [3.63, 3.8) is 0 Å². The summed E-state index contributed by atoms with van der Waals surface area (Å²) in [6.45, 7) is 1.87. The summed E-state index contributed by atoms with van der Waals surface area (Å²) >= 11 is 0. The highest BCUT2D eigenvalue weighted by atomic mass is 19.1. The van der Waals surface area contributed by atoms with Gasteiger partial charge in [0.1, 0.15) is 17.0 Å². The lowest BCUT2D eigenvalue weighted by Crippen LogP contribution is -1.93. The molecule has 4 aromatic rings. The second-order valence-corrected chi connectivity index (χ2v) is 4.87. The maximum atomic E-state index is 14.4. The Morgan fingerprint density at radius 3 is 2.81 bits per heavy atom. The summed E-state index contributed by atoms with van der Waals surface area (Å²) in [5.41, 5.74) is 3.47. The molecule has 21 heavy (non-hydrogen) atoms. The lowest BCUT2D eigenvalue weighted by atomic mass is 10.0. The van der Waals surface area contributed by atoms with E-state index in [0.29, 0.717) is 16.8 Å². The van der Waals surface area contributed by atoms with Crippen LogP contribution in [0.2, 0.25) is 0 Å². The van der Waals surface area contributed by atoms with E-state index in [1.54, 1.807) is 12.3 Å². The van der Waals surface area contributed by atoms with E-state index in [4.69, 9.17) is 0 Å². The SMILES string of the molecule is Cc1n[nH]c2c1nc(-c1ccccn1)c1c(F)cccc12. The lowest BCUT2D eigenvalue weighted by Gasteiger charge is -2.07. The number of halogens is 1. The van der Waals surface area contributed by atoms with Gasteiger partial charge >= 0.3 is 0 Å². The van der Waals surface area contributed by atoms with Gasteiger partial charge in [0, 0.05) is 17.0 Å². The number of rotatable bonds is 1. The number of pyridine rings is 2. The Morgan fingerprint density at radius 1 is 1.10 bits per heavy atom. The van der Waals surface area contributed by atoms with Gasteiger partial charge in [-0.3, -0.25) is 10.1 Å². The summed E-state index contributed by atoms with van der Waals surface area (Å²) in [5.74, 6) is -0.310. The van der Waals surface area contributed by atoms with Gasteiger partial charge in [-0.1, -0.05) is 18.2 Å². The molecule has 1 aromatic carbocycles. The van der Waals surface area contributed by atoms with Gasteiger partial charge in [0.15, 0.2) is 0 Å². The summed E-state index contributed by atoms with van der Waals surface area (Å²) < 4.78 is 14.4. The third-order valence-corrected chi connectivity index (χ3v) is 3.57. The molecule has 0 saturated heterocycles. The van der Waals surface area contributed by atoms with Crippen LogP contribution in [0.4, 0.5) is 4.39 Å². The van der Waals surface area contributed by atoms with Crippen molar-refractivity contribution in [3.05, 3.63) is 54.1 Å². The maximum Gasteiger partial charge on any atom is 0.133 e. The first-order valence-electron chi connectivity index (χ1n) is 6.60. The summed E-state index contributed by atoms with van der Waals surface area (Å²) in [6, 6.07) is 10.5. The topological polar surface area (TPSA) is 54.5 Å². The zero-order valence-corrected chi connectivity index (χ0v) is 11.3. The molecule has 0 fully saturated rings. The van der Waals surface area contributed by atoms with Gasteiger partial charge in [-0.25, -0.2) is 9.37 Å². The molecule has 0 atom stereocenters. The fourth-order valence-corrected chi connectivity index (χ4v) is 2.58. The van der Waals surface area contributed by atoms with Crippen LogP contribution in [0, 0.1) is 12.7 Å². The number of aryl methyl sites for hydroxylation is 1. The molecule has 102 valence electrons. The first kappa shape index (κ1) is 12.0. The largest absolute Gasteiger partial charge is 0.275 e. The molecule has 4 nitrogen and oxygen atoms in total. The summed E-state index contributed by atoms with van der Waals surface area (Å²) in [5, 5.41) is 8.35. The lowest BCUT2D eigenvalue weighted by molar-refractivity contribution is 0.640. The summed E-state index contributed by atoms with van der Waals surface area (Å²) in [7, 11) is 0. The maximum absolute atomic E-state index is 14.4. The Labute approximate surface area is 119 Å². The molecule has 0 aliphatic heterocycles. The van der Waals surface area contributed by atoms with Crippen molar-refractivity contribution in [1.82, 2.24) is 20.2 Å². The van der Waals surface area contributed by atoms with Crippen molar-refractivity contribution in [2.45, 2.75) is 6.92 Å². The highest BCUT2D eigenvalue weighted by molar-refractivity contribution is 6.09. The number of aromatic amines is 1. The van der Waals surface area contributed by atoms with Crippen LogP contribution in [0.3, 0.4) is 0 Å². The molecule has 0 spiro atoms. The Hall–Kier alpha value is -2.82. The van der Waals surface area contributed by atoms with E-state index in [1.807, 2.05) is 31.2 Å². The first-order chi connectivity index (χ1) is 10.3. The molecule has 0 aliphatic carbocycles. The Morgan fingerprint density at radius 2 is 2.00 bits per heavy atom. The fraction of sp³-hybridized carbons (Fsp3) is 0.0625. The number of aromatic nitrogens is 4. The van der Waals surface area contributed by atoms with Crippen LogP contribution < -0.4 is 0 Å². The molecule has 3 heterocycles.